The van der Waals surface area contributed by atoms with E-state index in [1.54, 1.807) is 6.20 Å². The molecular weight excluding hydrogens is 288 g/mol. The average molecular weight is 305 g/mol. The third-order valence-electron chi connectivity index (χ3n) is 3.08. The van der Waals surface area contributed by atoms with E-state index in [2.05, 4.69) is 15.0 Å². The summed E-state index contributed by atoms with van der Waals surface area (Å²) in [7, 11) is 1.98. The number of nitrogens with two attached hydrogens (primary N) is 1. The number of benzene rings is 1. The minimum atomic E-state index is 0.0109. The maximum absolute atomic E-state index is 8.81. The van der Waals surface area contributed by atoms with E-state index in [9.17, 15) is 0 Å². The zero-order chi connectivity index (χ0) is 15.2. The summed E-state index contributed by atoms with van der Waals surface area (Å²) in [5.41, 5.74) is 8.08. The van der Waals surface area contributed by atoms with Gasteiger partial charge in [0, 0.05) is 24.3 Å². The van der Waals surface area contributed by atoms with Crippen LogP contribution in [0.4, 0.5) is 0 Å². The van der Waals surface area contributed by atoms with Crippen LogP contribution in [0.3, 0.4) is 0 Å². The van der Waals surface area contributed by atoms with E-state index in [1.165, 1.54) is 0 Å². The number of aromatic nitrogens is 1. The fraction of sp³-hybridized carbons (Fsp3) is 0.200. The van der Waals surface area contributed by atoms with E-state index in [0.29, 0.717) is 18.8 Å². The summed E-state index contributed by atoms with van der Waals surface area (Å²) >= 11 is 6.16. The Hall–Kier alpha value is -2.11. The van der Waals surface area contributed by atoms with E-state index in [-0.39, 0.29) is 5.84 Å². The standard InChI is InChI=1S/C15H17ClN4O/c1-20(9-11-5-2-3-7-13(11)16)10-12-6-4-8-18-14(12)15(17)19-21/h2-8,21H,9-10H2,1H3,(H2,17,19). The van der Waals surface area contributed by atoms with E-state index >= 15 is 0 Å². The van der Waals surface area contributed by atoms with Crippen LogP contribution in [0.25, 0.3) is 0 Å². The van der Waals surface area contributed by atoms with Crippen LogP contribution in [0.1, 0.15) is 16.8 Å². The van der Waals surface area contributed by atoms with Gasteiger partial charge in [-0.15, -0.1) is 0 Å². The van der Waals surface area contributed by atoms with Crippen LogP contribution >= 0.6 is 11.6 Å². The minimum absolute atomic E-state index is 0.0109. The quantitative estimate of drug-likeness (QED) is 0.385. The van der Waals surface area contributed by atoms with Gasteiger partial charge in [0.25, 0.3) is 0 Å². The first kappa shape index (κ1) is 15.3. The number of hydrogen-bond donors (Lipinski definition) is 2. The van der Waals surface area contributed by atoms with Crippen molar-refractivity contribution in [3.8, 4) is 0 Å². The van der Waals surface area contributed by atoms with E-state index in [0.717, 1.165) is 16.1 Å². The van der Waals surface area contributed by atoms with Crippen molar-refractivity contribution < 1.29 is 5.21 Å². The van der Waals surface area contributed by atoms with Crippen LogP contribution in [0, 0.1) is 0 Å². The van der Waals surface area contributed by atoms with Crippen LogP contribution < -0.4 is 5.73 Å². The summed E-state index contributed by atoms with van der Waals surface area (Å²) in [6.45, 7) is 1.31. The third kappa shape index (κ3) is 3.93. The van der Waals surface area contributed by atoms with Gasteiger partial charge in [0.05, 0.1) is 0 Å². The largest absolute Gasteiger partial charge is 0.409 e. The fourth-order valence-corrected chi connectivity index (χ4v) is 2.30. The number of oxime groups is 1. The predicted molar refractivity (Wildman–Crippen MR) is 83.4 cm³/mol. The number of amidine groups is 1. The van der Waals surface area contributed by atoms with Gasteiger partial charge < -0.3 is 10.9 Å². The lowest BCUT2D eigenvalue weighted by molar-refractivity contribution is 0.315. The number of halogens is 1. The summed E-state index contributed by atoms with van der Waals surface area (Å²) in [6.07, 6.45) is 1.62. The maximum Gasteiger partial charge on any atom is 0.189 e. The highest BCUT2D eigenvalue weighted by Gasteiger charge is 2.11. The SMILES string of the molecule is CN(Cc1ccccc1Cl)Cc1cccnc1C(N)=NO. The Labute approximate surface area is 128 Å². The molecular formula is C15H17ClN4O. The van der Waals surface area contributed by atoms with Crippen molar-refractivity contribution in [1.29, 1.82) is 0 Å². The molecule has 0 aliphatic carbocycles. The molecule has 1 aromatic heterocycles. The first-order valence-corrected chi connectivity index (χ1v) is 6.83. The second-order valence-corrected chi connectivity index (χ2v) is 5.17. The first-order chi connectivity index (χ1) is 10.1. The Kier molecular flexibility index (Phi) is 5.14. The molecule has 0 saturated heterocycles. The second-order valence-electron chi connectivity index (χ2n) is 4.76. The van der Waals surface area contributed by atoms with Gasteiger partial charge in [0.1, 0.15) is 5.69 Å². The third-order valence-corrected chi connectivity index (χ3v) is 3.45. The van der Waals surface area contributed by atoms with Crippen LogP contribution in [0.5, 0.6) is 0 Å². The van der Waals surface area contributed by atoms with Crippen molar-refractivity contribution in [2.45, 2.75) is 13.1 Å². The summed E-state index contributed by atoms with van der Waals surface area (Å²) in [5, 5.41) is 12.6. The normalized spacial score (nSPS) is 11.9. The van der Waals surface area contributed by atoms with Crippen LogP contribution in [0.2, 0.25) is 5.02 Å². The van der Waals surface area contributed by atoms with Crippen molar-refractivity contribution in [3.63, 3.8) is 0 Å². The van der Waals surface area contributed by atoms with Gasteiger partial charge in [0.2, 0.25) is 0 Å². The molecule has 0 fully saturated rings. The molecule has 1 heterocycles. The van der Waals surface area contributed by atoms with Crippen molar-refractivity contribution in [2.24, 2.45) is 10.9 Å². The first-order valence-electron chi connectivity index (χ1n) is 6.45. The van der Waals surface area contributed by atoms with Crippen LogP contribution in [-0.4, -0.2) is 28.0 Å². The lowest BCUT2D eigenvalue weighted by atomic mass is 10.1. The van der Waals surface area contributed by atoms with Crippen molar-refractivity contribution >= 4 is 17.4 Å². The molecule has 3 N–H and O–H groups in total. The minimum Gasteiger partial charge on any atom is -0.409 e. The summed E-state index contributed by atoms with van der Waals surface area (Å²) < 4.78 is 0. The molecule has 6 heteroatoms. The summed E-state index contributed by atoms with van der Waals surface area (Å²) in [5.74, 6) is 0.0109. The molecule has 2 rings (SSSR count). The van der Waals surface area contributed by atoms with Gasteiger partial charge in [-0.05, 0) is 30.3 Å². The van der Waals surface area contributed by atoms with Crippen LogP contribution in [-0.2, 0) is 13.1 Å². The Morgan fingerprint density at radius 1 is 1.24 bits per heavy atom. The van der Waals surface area contributed by atoms with Crippen molar-refractivity contribution in [1.82, 2.24) is 9.88 Å². The zero-order valence-electron chi connectivity index (χ0n) is 11.7. The number of rotatable bonds is 5. The molecule has 110 valence electrons. The average Bonchev–Trinajstić information content (AvgIpc) is 2.49. The Morgan fingerprint density at radius 3 is 2.62 bits per heavy atom. The summed E-state index contributed by atoms with van der Waals surface area (Å²) in [6, 6.07) is 11.5. The topological polar surface area (TPSA) is 74.7 Å². The maximum atomic E-state index is 8.81. The fourth-order valence-electron chi connectivity index (χ4n) is 2.11. The van der Waals surface area contributed by atoms with E-state index < -0.39 is 0 Å². The molecule has 0 aliphatic heterocycles. The van der Waals surface area contributed by atoms with Crippen LogP contribution in [0.15, 0.2) is 47.8 Å². The second kappa shape index (κ2) is 7.06. The molecule has 0 atom stereocenters. The Morgan fingerprint density at radius 2 is 1.90 bits per heavy atom. The molecule has 5 nitrogen and oxygen atoms in total. The molecule has 21 heavy (non-hydrogen) atoms. The molecule has 2 aromatic rings. The molecule has 0 radical (unpaired) electrons. The zero-order valence-corrected chi connectivity index (χ0v) is 12.5. The van der Waals surface area contributed by atoms with E-state index in [4.69, 9.17) is 22.5 Å². The predicted octanol–water partition coefficient (Wildman–Crippen LogP) is 2.46. The molecule has 0 unspecified atom stereocenters. The summed E-state index contributed by atoms with van der Waals surface area (Å²) in [4.78, 5) is 6.25. The highest BCUT2D eigenvalue weighted by atomic mass is 35.5. The van der Waals surface area contributed by atoms with E-state index in [1.807, 2.05) is 43.4 Å². The van der Waals surface area contributed by atoms with Crippen molar-refractivity contribution in [3.05, 3.63) is 64.4 Å². The lowest BCUT2D eigenvalue weighted by Crippen LogP contribution is -2.23. The molecule has 0 amide bonds. The van der Waals surface area contributed by atoms with Crippen molar-refractivity contribution in [2.75, 3.05) is 7.05 Å². The molecule has 0 saturated carbocycles. The monoisotopic (exact) mass is 304 g/mol. The van der Waals surface area contributed by atoms with Gasteiger partial charge in [-0.1, -0.05) is 41.0 Å². The highest BCUT2D eigenvalue weighted by molar-refractivity contribution is 6.31. The number of nitrogens with zero attached hydrogens (tertiary/aromatic N) is 3. The highest BCUT2D eigenvalue weighted by Crippen LogP contribution is 2.18. The van der Waals surface area contributed by atoms with Gasteiger partial charge >= 0.3 is 0 Å². The van der Waals surface area contributed by atoms with Gasteiger partial charge in [0.15, 0.2) is 5.84 Å². The molecule has 1 aromatic carbocycles. The number of pyridine rings is 1. The Bertz CT molecular complexity index is 645. The van der Waals surface area contributed by atoms with Gasteiger partial charge in [-0.25, -0.2) is 0 Å². The molecule has 0 spiro atoms. The molecule has 0 aliphatic rings. The lowest BCUT2D eigenvalue weighted by Gasteiger charge is -2.18. The number of hydrogen-bond acceptors (Lipinski definition) is 4. The van der Waals surface area contributed by atoms with Gasteiger partial charge in [-0.3, -0.25) is 9.88 Å². The van der Waals surface area contributed by atoms with Gasteiger partial charge in [-0.2, -0.15) is 0 Å². The smallest absolute Gasteiger partial charge is 0.189 e. The molecule has 0 bridgehead atoms. The Balaban J connectivity index is 2.14.